The Morgan fingerprint density at radius 1 is 1.28 bits per heavy atom. The minimum atomic E-state index is -4.13. The highest BCUT2D eigenvalue weighted by Gasteiger charge is 2.27. The van der Waals surface area contributed by atoms with Crippen LogP contribution >= 0.6 is 11.8 Å². The minimum Gasteiger partial charge on any atom is -0.372 e. The zero-order valence-electron chi connectivity index (χ0n) is 11.0. The van der Waals surface area contributed by atoms with E-state index in [1.807, 2.05) is 50.9 Å². The molecule has 0 saturated heterocycles. The van der Waals surface area contributed by atoms with E-state index in [0.29, 0.717) is 10.9 Å². The fourth-order valence-corrected chi connectivity index (χ4v) is 2.24. The van der Waals surface area contributed by atoms with Crippen LogP contribution in [0, 0.1) is 6.92 Å². The Kier molecular flexibility index (Phi) is 4.96. The molecular weight excluding hydrogens is 259 g/mol. The molecule has 0 amide bonds. The van der Waals surface area contributed by atoms with Gasteiger partial charge < -0.3 is 4.90 Å². The highest BCUT2D eigenvalue weighted by atomic mass is 32.2. The van der Waals surface area contributed by atoms with Gasteiger partial charge in [0.15, 0.2) is 0 Å². The van der Waals surface area contributed by atoms with Crippen molar-refractivity contribution >= 4 is 17.4 Å². The van der Waals surface area contributed by atoms with Crippen LogP contribution in [0.5, 0.6) is 0 Å². The molecule has 0 spiro atoms. The first-order valence-corrected chi connectivity index (χ1v) is 6.72. The molecule has 0 atom stereocenters. The summed E-state index contributed by atoms with van der Waals surface area (Å²) in [6, 6.07) is 5.94. The third-order valence-corrected chi connectivity index (χ3v) is 3.97. The molecule has 0 bridgehead atoms. The first kappa shape index (κ1) is 15.2. The van der Waals surface area contributed by atoms with Crippen molar-refractivity contribution in [2.45, 2.75) is 37.9 Å². The number of hydrogen-bond acceptors (Lipinski definition) is 2. The van der Waals surface area contributed by atoms with Gasteiger partial charge in [0.2, 0.25) is 0 Å². The molecule has 0 aliphatic carbocycles. The smallest absolute Gasteiger partial charge is 0.372 e. The van der Waals surface area contributed by atoms with Gasteiger partial charge in [0.25, 0.3) is 0 Å². The molecule has 0 unspecified atom stereocenters. The third kappa shape index (κ3) is 4.44. The second-order valence-electron chi connectivity index (χ2n) is 4.56. The second kappa shape index (κ2) is 5.87. The van der Waals surface area contributed by atoms with Gasteiger partial charge >= 0.3 is 6.18 Å². The largest absolute Gasteiger partial charge is 0.398 e. The molecule has 1 rings (SSSR count). The van der Waals surface area contributed by atoms with Crippen LogP contribution in [0.1, 0.15) is 19.4 Å². The molecule has 0 aromatic heterocycles. The molecule has 1 aromatic rings. The number of nitrogens with zero attached hydrogens (tertiary/aromatic N) is 1. The molecule has 0 saturated carbocycles. The average Bonchev–Trinajstić information content (AvgIpc) is 2.25. The normalized spacial score (nSPS) is 12.0. The van der Waals surface area contributed by atoms with E-state index in [1.54, 1.807) is 0 Å². The van der Waals surface area contributed by atoms with E-state index in [4.69, 9.17) is 0 Å². The number of rotatable bonds is 4. The van der Waals surface area contributed by atoms with Gasteiger partial charge in [0, 0.05) is 23.7 Å². The third-order valence-electron chi connectivity index (χ3n) is 2.74. The van der Waals surface area contributed by atoms with E-state index in [1.165, 1.54) is 0 Å². The molecule has 1 nitrogen and oxygen atoms in total. The topological polar surface area (TPSA) is 3.24 Å². The molecule has 0 aliphatic heterocycles. The number of halogens is 3. The highest BCUT2D eigenvalue weighted by molar-refractivity contribution is 7.99. The zero-order valence-corrected chi connectivity index (χ0v) is 11.8. The molecule has 1 aromatic carbocycles. The Morgan fingerprint density at radius 2 is 1.89 bits per heavy atom. The Labute approximate surface area is 110 Å². The van der Waals surface area contributed by atoms with Crippen molar-refractivity contribution in [3.05, 3.63) is 23.8 Å². The summed E-state index contributed by atoms with van der Waals surface area (Å²) in [6.45, 7) is 5.92. The fraction of sp³-hybridized carbons (Fsp3) is 0.538. The summed E-state index contributed by atoms with van der Waals surface area (Å²) >= 11 is 0.846. The zero-order chi connectivity index (χ0) is 13.9. The first-order valence-electron chi connectivity index (χ1n) is 5.74. The van der Waals surface area contributed by atoms with Gasteiger partial charge in [0.05, 0.1) is 5.75 Å². The van der Waals surface area contributed by atoms with Crippen LogP contribution in [0.25, 0.3) is 0 Å². The lowest BCUT2D eigenvalue weighted by Crippen LogP contribution is -2.25. The number of benzene rings is 1. The summed E-state index contributed by atoms with van der Waals surface area (Å²) in [5, 5.41) is 0. The van der Waals surface area contributed by atoms with E-state index in [-0.39, 0.29) is 0 Å². The van der Waals surface area contributed by atoms with Crippen LogP contribution in [0.4, 0.5) is 18.9 Å². The monoisotopic (exact) mass is 277 g/mol. The number of alkyl halides is 3. The van der Waals surface area contributed by atoms with Crippen LogP contribution in [0.3, 0.4) is 0 Å². The van der Waals surface area contributed by atoms with Crippen LogP contribution in [-0.2, 0) is 0 Å². The van der Waals surface area contributed by atoms with Gasteiger partial charge in [-0.15, -0.1) is 11.8 Å². The van der Waals surface area contributed by atoms with E-state index < -0.39 is 11.9 Å². The summed E-state index contributed by atoms with van der Waals surface area (Å²) in [5.74, 6) is -0.845. The molecular formula is C13H18F3NS. The van der Waals surface area contributed by atoms with Gasteiger partial charge in [-0.1, -0.05) is 6.07 Å². The molecule has 0 heterocycles. The first-order chi connectivity index (χ1) is 8.20. The number of anilines is 1. The molecule has 0 aliphatic rings. The van der Waals surface area contributed by atoms with Crippen LogP contribution in [0.2, 0.25) is 0 Å². The summed E-state index contributed by atoms with van der Waals surface area (Å²) in [7, 11) is 1.94. The number of aryl methyl sites for hydroxylation is 1. The SMILES string of the molecule is Cc1ccc(N(C)C(C)C)cc1SCC(F)(F)F. The van der Waals surface area contributed by atoms with E-state index in [2.05, 4.69) is 0 Å². The second-order valence-corrected chi connectivity index (χ2v) is 5.58. The number of thioether (sulfide) groups is 1. The maximum atomic E-state index is 12.2. The molecule has 0 N–H and O–H groups in total. The van der Waals surface area contributed by atoms with Crippen molar-refractivity contribution in [2.24, 2.45) is 0 Å². The molecule has 5 heteroatoms. The highest BCUT2D eigenvalue weighted by Crippen LogP contribution is 2.32. The molecule has 0 radical (unpaired) electrons. The summed E-state index contributed by atoms with van der Waals surface area (Å²) in [5.41, 5.74) is 1.82. The lowest BCUT2D eigenvalue weighted by Gasteiger charge is -2.24. The standard InChI is InChI=1S/C13H18F3NS/c1-9(2)17(4)11-6-5-10(3)12(7-11)18-8-13(14,15)16/h5-7,9H,8H2,1-4H3. The number of hydrogen-bond donors (Lipinski definition) is 0. The van der Waals surface area contributed by atoms with Crippen LogP contribution in [0.15, 0.2) is 23.1 Å². The van der Waals surface area contributed by atoms with E-state index in [0.717, 1.165) is 23.0 Å². The van der Waals surface area contributed by atoms with Gasteiger partial charge in [0.1, 0.15) is 0 Å². The van der Waals surface area contributed by atoms with Crippen molar-refractivity contribution in [3.8, 4) is 0 Å². The van der Waals surface area contributed by atoms with Crippen molar-refractivity contribution in [1.82, 2.24) is 0 Å². The lowest BCUT2D eigenvalue weighted by molar-refractivity contribution is -0.105. The Morgan fingerprint density at radius 3 is 2.39 bits per heavy atom. The van der Waals surface area contributed by atoms with Gasteiger partial charge in [-0.05, 0) is 38.5 Å². The fourth-order valence-electron chi connectivity index (χ4n) is 1.42. The van der Waals surface area contributed by atoms with Crippen molar-refractivity contribution in [3.63, 3.8) is 0 Å². The summed E-state index contributed by atoms with van der Waals surface area (Å²) in [4.78, 5) is 2.73. The maximum Gasteiger partial charge on any atom is 0.398 e. The van der Waals surface area contributed by atoms with Crippen molar-refractivity contribution < 1.29 is 13.2 Å². The lowest BCUT2D eigenvalue weighted by atomic mass is 10.2. The van der Waals surface area contributed by atoms with E-state index in [9.17, 15) is 13.2 Å². The van der Waals surface area contributed by atoms with Crippen LogP contribution < -0.4 is 4.90 Å². The predicted molar refractivity (Wildman–Crippen MR) is 71.5 cm³/mol. The van der Waals surface area contributed by atoms with Crippen molar-refractivity contribution in [1.29, 1.82) is 0 Å². The summed E-state index contributed by atoms with van der Waals surface area (Å²) < 4.78 is 36.7. The minimum absolute atomic E-state index is 0.313. The quantitative estimate of drug-likeness (QED) is 0.746. The average molecular weight is 277 g/mol. The Hall–Kier alpha value is -0.840. The summed E-state index contributed by atoms with van der Waals surface area (Å²) in [6.07, 6.45) is -4.13. The molecule has 18 heavy (non-hydrogen) atoms. The Balaban J connectivity index is 2.88. The van der Waals surface area contributed by atoms with Gasteiger partial charge in [-0.2, -0.15) is 13.2 Å². The maximum absolute atomic E-state index is 12.2. The van der Waals surface area contributed by atoms with Gasteiger partial charge in [-0.3, -0.25) is 0 Å². The molecule has 102 valence electrons. The van der Waals surface area contributed by atoms with Gasteiger partial charge in [-0.25, -0.2) is 0 Å². The van der Waals surface area contributed by atoms with Crippen molar-refractivity contribution in [2.75, 3.05) is 17.7 Å². The predicted octanol–water partition coefficient (Wildman–Crippen LogP) is 4.49. The molecule has 0 fully saturated rings. The van der Waals surface area contributed by atoms with E-state index >= 15 is 0 Å². The van der Waals surface area contributed by atoms with Crippen LogP contribution in [-0.4, -0.2) is 25.0 Å². The Bertz CT molecular complexity index is 402.